The van der Waals surface area contributed by atoms with Gasteiger partial charge in [0, 0.05) is 30.9 Å². The zero-order chi connectivity index (χ0) is 22.0. The number of aliphatic hydroxyl groups excluding tert-OH is 1. The second-order valence-corrected chi connectivity index (χ2v) is 9.15. The average Bonchev–Trinajstić information content (AvgIpc) is 3.19. The van der Waals surface area contributed by atoms with Crippen LogP contribution in [0.2, 0.25) is 0 Å². The number of nitriles is 1. The van der Waals surface area contributed by atoms with Gasteiger partial charge in [-0.15, -0.1) is 0 Å². The summed E-state index contributed by atoms with van der Waals surface area (Å²) in [5.41, 5.74) is 0.924. The van der Waals surface area contributed by atoms with E-state index < -0.39 is 5.82 Å². The predicted molar refractivity (Wildman–Crippen MR) is 120 cm³/mol. The van der Waals surface area contributed by atoms with Gasteiger partial charge in [-0.1, -0.05) is 0 Å². The number of halogens is 2. The van der Waals surface area contributed by atoms with Gasteiger partial charge in [-0.3, -0.25) is 0 Å². The first-order valence-corrected chi connectivity index (χ1v) is 11.6. The van der Waals surface area contributed by atoms with E-state index in [2.05, 4.69) is 48.8 Å². The first-order chi connectivity index (χ1) is 15.0. The molecule has 166 valence electrons. The number of aryl methyl sites for hydroxylation is 1. The van der Waals surface area contributed by atoms with Crippen molar-refractivity contribution in [3.63, 3.8) is 0 Å². The van der Waals surface area contributed by atoms with Crippen LogP contribution in [0, 0.1) is 17.1 Å². The van der Waals surface area contributed by atoms with Gasteiger partial charge in [0.2, 0.25) is 0 Å². The Morgan fingerprint density at radius 2 is 2.06 bits per heavy atom. The maximum absolute atomic E-state index is 15.3. The fourth-order valence-electron chi connectivity index (χ4n) is 4.34. The number of aromatic nitrogens is 2. The molecule has 0 unspecified atom stereocenters. The molecule has 0 spiro atoms. The highest BCUT2D eigenvalue weighted by Gasteiger charge is 2.26. The standard InChI is InChI=1S/C22H27BrFN5O2/c1-28-9-3-5-15(28)13-31-22-26-20-17(12-14(4-2-8-25)18(23)19(20)24)21(27-22)29-10-6-16(30)7-11-29/h12,15-16,30H,2-7,9-11,13H2,1H3/t15-/m0/s1. The number of ether oxygens (including phenoxy) is 1. The van der Waals surface area contributed by atoms with E-state index in [1.165, 1.54) is 0 Å². The number of likely N-dealkylation sites (N-methyl/N-ethyl adjacent to an activating group) is 1. The van der Waals surface area contributed by atoms with Crippen LogP contribution in [0.4, 0.5) is 10.2 Å². The van der Waals surface area contributed by atoms with E-state index in [0.717, 1.165) is 24.9 Å². The molecule has 1 N–H and O–H groups in total. The van der Waals surface area contributed by atoms with Crippen molar-refractivity contribution in [1.29, 1.82) is 5.26 Å². The monoisotopic (exact) mass is 491 g/mol. The summed E-state index contributed by atoms with van der Waals surface area (Å²) in [5.74, 6) is 0.158. The van der Waals surface area contributed by atoms with E-state index in [0.29, 0.717) is 67.1 Å². The van der Waals surface area contributed by atoms with Crippen molar-refractivity contribution >= 4 is 32.7 Å². The minimum atomic E-state index is -0.464. The van der Waals surface area contributed by atoms with Crippen LogP contribution in [-0.2, 0) is 6.42 Å². The number of aliphatic hydroxyl groups is 1. The SMILES string of the molecule is CN1CCC[C@H]1COc1nc(N2CCC(O)CC2)c2cc(CCC#N)c(Br)c(F)c2n1. The predicted octanol–water partition coefficient (Wildman–Crippen LogP) is 3.42. The van der Waals surface area contributed by atoms with Gasteiger partial charge in [0.25, 0.3) is 0 Å². The molecule has 1 aromatic heterocycles. The van der Waals surface area contributed by atoms with Crippen molar-refractivity contribution in [2.75, 3.05) is 38.2 Å². The topological polar surface area (TPSA) is 85.5 Å². The molecule has 2 aliphatic heterocycles. The molecule has 4 rings (SSSR count). The van der Waals surface area contributed by atoms with Crippen LogP contribution in [0.5, 0.6) is 6.01 Å². The molecule has 2 fully saturated rings. The second kappa shape index (κ2) is 9.63. The van der Waals surface area contributed by atoms with Crippen molar-refractivity contribution in [2.24, 2.45) is 0 Å². The van der Waals surface area contributed by atoms with Crippen LogP contribution >= 0.6 is 15.9 Å². The van der Waals surface area contributed by atoms with Gasteiger partial charge in [0.05, 0.1) is 16.6 Å². The van der Waals surface area contributed by atoms with Crippen LogP contribution < -0.4 is 9.64 Å². The maximum Gasteiger partial charge on any atom is 0.319 e. The minimum Gasteiger partial charge on any atom is -0.462 e. The highest BCUT2D eigenvalue weighted by atomic mass is 79.9. The average molecular weight is 492 g/mol. The van der Waals surface area contributed by atoms with E-state index in [9.17, 15) is 5.11 Å². The van der Waals surface area contributed by atoms with Crippen molar-refractivity contribution < 1.29 is 14.2 Å². The van der Waals surface area contributed by atoms with Crippen LogP contribution in [0.3, 0.4) is 0 Å². The highest BCUT2D eigenvalue weighted by molar-refractivity contribution is 9.10. The molecule has 0 aliphatic carbocycles. The molecule has 0 radical (unpaired) electrons. The maximum atomic E-state index is 15.3. The lowest BCUT2D eigenvalue weighted by molar-refractivity contribution is 0.145. The number of likely N-dealkylation sites (tertiary alicyclic amines) is 1. The third-order valence-corrected chi connectivity index (χ3v) is 7.11. The Morgan fingerprint density at radius 3 is 2.74 bits per heavy atom. The lowest BCUT2D eigenvalue weighted by Crippen LogP contribution is -2.36. The molecule has 7 nitrogen and oxygen atoms in total. The van der Waals surface area contributed by atoms with Gasteiger partial charge in [-0.05, 0) is 73.3 Å². The van der Waals surface area contributed by atoms with Gasteiger partial charge in [-0.25, -0.2) is 4.39 Å². The van der Waals surface area contributed by atoms with Gasteiger partial charge in [0.15, 0.2) is 5.82 Å². The van der Waals surface area contributed by atoms with Crippen LogP contribution in [-0.4, -0.2) is 65.4 Å². The quantitative estimate of drug-likeness (QED) is 0.662. The zero-order valence-corrected chi connectivity index (χ0v) is 19.2. The number of hydrogen-bond acceptors (Lipinski definition) is 7. The summed E-state index contributed by atoms with van der Waals surface area (Å²) in [6.07, 6.45) is 3.87. The number of nitrogens with zero attached hydrogens (tertiary/aromatic N) is 5. The molecule has 2 aliphatic rings. The summed E-state index contributed by atoms with van der Waals surface area (Å²) >= 11 is 3.35. The van der Waals surface area contributed by atoms with E-state index in [1.807, 2.05) is 6.07 Å². The molecule has 0 saturated carbocycles. The molecule has 9 heteroatoms. The van der Waals surface area contributed by atoms with E-state index in [1.54, 1.807) is 0 Å². The largest absolute Gasteiger partial charge is 0.462 e. The molecule has 1 aromatic carbocycles. The number of piperidine rings is 1. The van der Waals surface area contributed by atoms with Crippen molar-refractivity contribution in [3.8, 4) is 12.1 Å². The minimum absolute atomic E-state index is 0.171. The smallest absolute Gasteiger partial charge is 0.319 e. The van der Waals surface area contributed by atoms with Gasteiger partial charge in [0.1, 0.15) is 17.9 Å². The molecule has 2 saturated heterocycles. The number of hydrogen-bond donors (Lipinski definition) is 1. The Labute approximate surface area is 190 Å². The number of fused-ring (bicyclic) bond motifs is 1. The van der Waals surface area contributed by atoms with Crippen LogP contribution in [0.25, 0.3) is 10.9 Å². The Balaban J connectivity index is 1.73. The van der Waals surface area contributed by atoms with Crippen molar-refractivity contribution in [1.82, 2.24) is 14.9 Å². The normalized spacial score (nSPS) is 20.4. The number of rotatable bonds is 6. The zero-order valence-electron chi connectivity index (χ0n) is 17.7. The number of benzene rings is 1. The first-order valence-electron chi connectivity index (χ1n) is 10.8. The van der Waals surface area contributed by atoms with E-state index in [4.69, 9.17) is 10.00 Å². The lowest BCUT2D eigenvalue weighted by atomic mass is 10.0. The fourth-order valence-corrected chi connectivity index (χ4v) is 4.84. The van der Waals surface area contributed by atoms with Crippen molar-refractivity contribution in [3.05, 3.63) is 21.9 Å². The second-order valence-electron chi connectivity index (χ2n) is 8.35. The van der Waals surface area contributed by atoms with Crippen molar-refractivity contribution in [2.45, 2.75) is 50.7 Å². The Kier molecular flexibility index (Phi) is 6.89. The van der Waals surface area contributed by atoms with E-state index >= 15 is 4.39 Å². The first kappa shape index (κ1) is 22.2. The molecule has 2 aromatic rings. The highest BCUT2D eigenvalue weighted by Crippen LogP contribution is 2.35. The molecule has 0 amide bonds. The van der Waals surface area contributed by atoms with Crippen LogP contribution in [0.15, 0.2) is 10.5 Å². The summed E-state index contributed by atoms with van der Waals surface area (Å²) in [7, 11) is 2.08. The number of anilines is 1. The molecular weight excluding hydrogens is 465 g/mol. The molecule has 1 atom stereocenters. The fraction of sp³-hybridized carbons (Fsp3) is 0.591. The summed E-state index contributed by atoms with van der Waals surface area (Å²) in [6, 6.07) is 4.46. The lowest BCUT2D eigenvalue weighted by Gasteiger charge is -2.31. The van der Waals surface area contributed by atoms with Gasteiger partial charge in [-0.2, -0.15) is 15.2 Å². The van der Waals surface area contributed by atoms with Gasteiger partial charge < -0.3 is 19.6 Å². The van der Waals surface area contributed by atoms with Crippen LogP contribution in [0.1, 0.15) is 37.7 Å². The van der Waals surface area contributed by atoms with Gasteiger partial charge >= 0.3 is 6.01 Å². The third kappa shape index (κ3) is 4.76. The summed E-state index contributed by atoms with van der Waals surface area (Å²) in [6.45, 7) is 2.76. The van der Waals surface area contributed by atoms with E-state index in [-0.39, 0.29) is 17.6 Å². The Bertz CT molecular complexity index is 990. The summed E-state index contributed by atoms with van der Waals surface area (Å²) < 4.78 is 21.6. The molecule has 0 bridgehead atoms. The summed E-state index contributed by atoms with van der Waals surface area (Å²) in [5, 5.41) is 19.5. The molecular formula is C22H27BrFN5O2. The third-order valence-electron chi connectivity index (χ3n) is 6.25. The molecule has 3 heterocycles. The Morgan fingerprint density at radius 1 is 1.29 bits per heavy atom. The molecule has 31 heavy (non-hydrogen) atoms. The Hall–Kier alpha value is -2.02. The summed E-state index contributed by atoms with van der Waals surface area (Å²) in [4.78, 5) is 13.4.